The highest BCUT2D eigenvalue weighted by molar-refractivity contribution is 5.70. The Morgan fingerprint density at radius 1 is 1.53 bits per heavy atom. The molecule has 7 nitrogen and oxygen atoms in total. The summed E-state index contributed by atoms with van der Waals surface area (Å²) in [5, 5.41) is 18.9. The minimum absolute atomic E-state index is 0.423. The molecule has 0 radical (unpaired) electrons. The number of carboxylic acid groups (broad SMARTS) is 1. The molecule has 0 saturated heterocycles. The monoisotopic (exact) mass is 284 g/mol. The van der Waals surface area contributed by atoms with Gasteiger partial charge in [-0.25, -0.2) is 4.98 Å². The molecule has 0 unspecified atom stereocenters. The Morgan fingerprint density at radius 2 is 2.11 bits per heavy atom. The average molecular weight is 284 g/mol. The number of nitrogens with zero attached hydrogens (tertiary/aromatic N) is 2. The van der Waals surface area contributed by atoms with Gasteiger partial charge >= 0.3 is 18.0 Å². The highest BCUT2D eigenvalue weighted by atomic mass is 19.4. The van der Waals surface area contributed by atoms with Gasteiger partial charge < -0.3 is 9.84 Å². The molecule has 0 aromatic carbocycles. The van der Waals surface area contributed by atoms with Crippen LogP contribution in [0.15, 0.2) is 6.07 Å². The van der Waals surface area contributed by atoms with E-state index < -0.39 is 46.8 Å². The fourth-order valence-corrected chi connectivity index (χ4v) is 1.10. The Bertz CT molecular complexity index is 531. The predicted octanol–water partition coefficient (Wildman–Crippen LogP) is 1.65. The molecule has 1 heterocycles. The van der Waals surface area contributed by atoms with Gasteiger partial charge in [0.1, 0.15) is 0 Å². The highest BCUT2D eigenvalue weighted by Gasteiger charge is 2.35. The number of nitro groups is 1. The second kappa shape index (κ2) is 5.04. The van der Waals surface area contributed by atoms with Gasteiger partial charge in [0.2, 0.25) is 0 Å². The molecular formula is C8H4F4N2O5. The van der Waals surface area contributed by atoms with Crippen LogP contribution in [0.2, 0.25) is 0 Å². The third-order valence-corrected chi connectivity index (χ3v) is 1.70. The fourth-order valence-electron chi connectivity index (χ4n) is 1.10. The second-order valence-electron chi connectivity index (χ2n) is 3.13. The summed E-state index contributed by atoms with van der Waals surface area (Å²) in [6.07, 6.45) is -6.24. The van der Waals surface area contributed by atoms with Crippen molar-refractivity contribution in [3.8, 4) is 5.88 Å². The smallest absolute Gasteiger partial charge is 0.481 e. The molecule has 104 valence electrons. The molecule has 11 heteroatoms. The summed E-state index contributed by atoms with van der Waals surface area (Å²) in [5.41, 5.74) is -2.00. The number of hydrogen-bond acceptors (Lipinski definition) is 5. The third-order valence-electron chi connectivity index (χ3n) is 1.70. The maximum Gasteiger partial charge on any atom is 0.574 e. The van der Waals surface area contributed by atoms with Crippen molar-refractivity contribution in [2.75, 3.05) is 0 Å². The van der Waals surface area contributed by atoms with Gasteiger partial charge in [-0.2, -0.15) is 4.39 Å². The van der Waals surface area contributed by atoms with Crippen molar-refractivity contribution in [1.29, 1.82) is 0 Å². The van der Waals surface area contributed by atoms with Crippen LogP contribution in [0, 0.1) is 15.9 Å². The summed E-state index contributed by atoms with van der Waals surface area (Å²) in [6.45, 7) is 0. The Balaban J connectivity index is 3.31. The van der Waals surface area contributed by atoms with Crippen LogP contribution in [0.4, 0.5) is 23.2 Å². The van der Waals surface area contributed by atoms with Crippen molar-refractivity contribution in [1.82, 2.24) is 4.98 Å². The molecule has 1 aromatic rings. The summed E-state index contributed by atoms with van der Waals surface area (Å²) in [6, 6.07) is 0.423. The molecular weight excluding hydrogens is 280 g/mol. The van der Waals surface area contributed by atoms with Gasteiger partial charge in [0.25, 0.3) is 11.7 Å². The van der Waals surface area contributed by atoms with Gasteiger partial charge in [-0.05, 0) is 0 Å². The van der Waals surface area contributed by atoms with E-state index in [0.717, 1.165) is 0 Å². The van der Waals surface area contributed by atoms with Gasteiger partial charge in [-0.1, -0.05) is 0 Å². The zero-order chi connectivity index (χ0) is 14.8. The van der Waals surface area contributed by atoms with Gasteiger partial charge in [0, 0.05) is 6.07 Å². The summed E-state index contributed by atoms with van der Waals surface area (Å²) in [7, 11) is 0. The Kier molecular flexibility index (Phi) is 3.87. The lowest BCUT2D eigenvalue weighted by Crippen LogP contribution is -2.20. The SMILES string of the molecule is O=C(O)Cc1cc([N+](=O)[O-])c(F)c(OC(F)(F)F)n1. The van der Waals surface area contributed by atoms with E-state index in [4.69, 9.17) is 5.11 Å². The number of aromatic nitrogens is 1. The first kappa shape index (κ1) is 14.6. The minimum atomic E-state index is -5.32. The molecule has 0 spiro atoms. The van der Waals surface area contributed by atoms with Crippen molar-refractivity contribution >= 4 is 11.7 Å². The van der Waals surface area contributed by atoms with Crippen LogP contribution in [0.3, 0.4) is 0 Å². The predicted molar refractivity (Wildman–Crippen MR) is 48.9 cm³/mol. The second-order valence-corrected chi connectivity index (χ2v) is 3.13. The van der Waals surface area contributed by atoms with Gasteiger partial charge in [-0.15, -0.1) is 13.2 Å². The Labute approximate surface area is 101 Å². The Morgan fingerprint density at radius 3 is 2.53 bits per heavy atom. The number of carboxylic acids is 1. The lowest BCUT2D eigenvalue weighted by Gasteiger charge is -2.09. The zero-order valence-corrected chi connectivity index (χ0v) is 8.77. The summed E-state index contributed by atoms with van der Waals surface area (Å²) in [4.78, 5) is 22.4. The molecule has 0 atom stereocenters. The van der Waals surface area contributed by atoms with E-state index in [1.165, 1.54) is 0 Å². The largest absolute Gasteiger partial charge is 0.574 e. The minimum Gasteiger partial charge on any atom is -0.481 e. The summed E-state index contributed by atoms with van der Waals surface area (Å²) < 4.78 is 52.3. The number of hydrogen-bond donors (Lipinski definition) is 1. The lowest BCUT2D eigenvalue weighted by molar-refractivity contribution is -0.388. The zero-order valence-electron chi connectivity index (χ0n) is 8.77. The van der Waals surface area contributed by atoms with Crippen LogP contribution in [0.25, 0.3) is 0 Å². The summed E-state index contributed by atoms with van der Waals surface area (Å²) in [5.74, 6) is -5.14. The van der Waals surface area contributed by atoms with Crippen LogP contribution in [-0.2, 0) is 11.2 Å². The number of ether oxygens (including phenoxy) is 1. The lowest BCUT2D eigenvalue weighted by atomic mass is 10.2. The summed E-state index contributed by atoms with van der Waals surface area (Å²) >= 11 is 0. The standard InChI is InChI=1S/C8H4F4N2O5/c9-6-4(14(17)18)1-3(2-5(15)16)13-7(6)19-8(10,11)12/h1H,2H2,(H,15,16). The molecule has 1 N–H and O–H groups in total. The third kappa shape index (κ3) is 4.04. The van der Waals surface area contributed by atoms with Crippen LogP contribution in [-0.4, -0.2) is 27.3 Å². The van der Waals surface area contributed by atoms with Gasteiger partial charge in [-0.3, -0.25) is 14.9 Å². The van der Waals surface area contributed by atoms with Crippen molar-refractivity contribution in [3.63, 3.8) is 0 Å². The molecule has 0 aliphatic rings. The quantitative estimate of drug-likeness (QED) is 0.512. The number of rotatable bonds is 4. The van der Waals surface area contributed by atoms with Gasteiger partial charge in [0.15, 0.2) is 0 Å². The van der Waals surface area contributed by atoms with Crippen LogP contribution in [0.1, 0.15) is 5.69 Å². The molecule has 0 saturated carbocycles. The van der Waals surface area contributed by atoms with E-state index in [0.29, 0.717) is 6.07 Å². The van der Waals surface area contributed by atoms with E-state index in [-0.39, 0.29) is 0 Å². The Hall–Kier alpha value is -2.46. The molecule has 1 aromatic heterocycles. The normalized spacial score (nSPS) is 11.2. The van der Waals surface area contributed by atoms with Crippen LogP contribution in [0.5, 0.6) is 5.88 Å². The van der Waals surface area contributed by atoms with Crippen LogP contribution >= 0.6 is 0 Å². The van der Waals surface area contributed by atoms with Crippen molar-refractivity contribution in [3.05, 3.63) is 27.7 Å². The van der Waals surface area contributed by atoms with E-state index in [2.05, 4.69) is 9.72 Å². The molecule has 0 amide bonds. The molecule has 0 aliphatic carbocycles. The van der Waals surface area contributed by atoms with E-state index >= 15 is 0 Å². The first-order valence-electron chi connectivity index (χ1n) is 4.41. The van der Waals surface area contributed by atoms with Crippen molar-refractivity contribution < 1.29 is 37.1 Å². The first-order chi connectivity index (χ1) is 8.60. The van der Waals surface area contributed by atoms with Gasteiger partial charge in [0.05, 0.1) is 17.0 Å². The topological polar surface area (TPSA) is 103 Å². The number of alkyl halides is 3. The van der Waals surface area contributed by atoms with E-state index in [1.54, 1.807) is 0 Å². The molecule has 0 fully saturated rings. The molecule has 0 bridgehead atoms. The number of pyridine rings is 1. The van der Waals surface area contributed by atoms with E-state index in [1.807, 2.05) is 0 Å². The number of carbonyl (C=O) groups is 1. The number of halogens is 4. The maximum atomic E-state index is 13.3. The maximum absolute atomic E-state index is 13.3. The number of aliphatic carboxylic acids is 1. The fraction of sp³-hybridized carbons (Fsp3) is 0.250. The molecule has 1 rings (SSSR count). The highest BCUT2D eigenvalue weighted by Crippen LogP contribution is 2.30. The molecule has 0 aliphatic heterocycles. The molecule has 19 heavy (non-hydrogen) atoms. The van der Waals surface area contributed by atoms with E-state index in [9.17, 15) is 32.5 Å². The van der Waals surface area contributed by atoms with Crippen molar-refractivity contribution in [2.45, 2.75) is 12.8 Å². The van der Waals surface area contributed by atoms with Crippen molar-refractivity contribution in [2.24, 2.45) is 0 Å². The van der Waals surface area contributed by atoms with Crippen LogP contribution < -0.4 is 4.74 Å². The first-order valence-corrected chi connectivity index (χ1v) is 4.41. The average Bonchev–Trinajstić information content (AvgIpc) is 2.19.